The zero-order chi connectivity index (χ0) is 13.2. The van der Waals surface area contributed by atoms with Crippen molar-refractivity contribution in [3.8, 4) is 0 Å². The molecule has 1 aromatic heterocycles. The van der Waals surface area contributed by atoms with Crippen molar-refractivity contribution in [2.24, 2.45) is 4.99 Å². The molecule has 0 amide bonds. The zero-order valence-electron chi connectivity index (χ0n) is 9.67. The van der Waals surface area contributed by atoms with Crippen LogP contribution in [0.2, 0.25) is 0 Å². The molecule has 0 atom stereocenters. The highest BCUT2D eigenvalue weighted by Gasteiger charge is 2.25. The van der Waals surface area contributed by atoms with E-state index in [1.54, 1.807) is 18.2 Å². The molecule has 0 saturated carbocycles. The quantitative estimate of drug-likeness (QED) is 0.467. The Kier molecular flexibility index (Phi) is 3.20. The molecule has 1 aliphatic heterocycles. The predicted octanol–water partition coefficient (Wildman–Crippen LogP) is 3.23. The minimum Gasteiger partial charge on any atom is -0.465 e. The summed E-state index contributed by atoms with van der Waals surface area (Å²) in [6.45, 7) is 0. The summed E-state index contributed by atoms with van der Waals surface area (Å²) in [6, 6.07) is 11.1. The van der Waals surface area contributed by atoms with Gasteiger partial charge in [-0.15, -0.1) is 0 Å². The minimum absolute atomic E-state index is 0.240. The number of benzene rings is 1. The molecule has 0 spiro atoms. The average Bonchev–Trinajstić information content (AvgIpc) is 3.02. The number of hydrogen-bond donors (Lipinski definition) is 0. The van der Waals surface area contributed by atoms with Crippen molar-refractivity contribution in [3.63, 3.8) is 0 Å². The Morgan fingerprint density at radius 3 is 2.74 bits per heavy atom. The summed E-state index contributed by atoms with van der Waals surface area (Å²) in [4.78, 5) is 16.0. The monoisotopic (exact) mass is 365 g/mol. The smallest absolute Gasteiger partial charge is 0.363 e. The second-order valence-electron chi connectivity index (χ2n) is 3.83. The van der Waals surface area contributed by atoms with E-state index in [4.69, 9.17) is 9.15 Å². The van der Waals surface area contributed by atoms with Crippen LogP contribution in [0.1, 0.15) is 11.3 Å². The van der Waals surface area contributed by atoms with E-state index in [9.17, 15) is 4.79 Å². The highest BCUT2D eigenvalue weighted by Crippen LogP contribution is 2.21. The van der Waals surface area contributed by atoms with E-state index in [0.717, 1.165) is 9.13 Å². The molecule has 1 aliphatic rings. The van der Waals surface area contributed by atoms with Gasteiger partial charge in [0.05, 0.1) is 11.8 Å². The number of ether oxygens (including phenoxy) is 1. The lowest BCUT2D eigenvalue weighted by molar-refractivity contribution is -0.129. The maximum Gasteiger partial charge on any atom is 0.363 e. The average molecular weight is 365 g/mol. The van der Waals surface area contributed by atoms with Crippen molar-refractivity contribution in [2.45, 2.75) is 0 Å². The van der Waals surface area contributed by atoms with Crippen LogP contribution in [0.25, 0.3) is 6.08 Å². The highest BCUT2D eigenvalue weighted by atomic mass is 127. The number of carbonyl (C=O) groups excluding carboxylic acids is 1. The highest BCUT2D eigenvalue weighted by molar-refractivity contribution is 14.1. The fourth-order valence-electron chi connectivity index (χ4n) is 1.67. The molecule has 2 heterocycles. The molecule has 2 aromatic rings. The van der Waals surface area contributed by atoms with Gasteiger partial charge in [0.2, 0.25) is 5.90 Å². The van der Waals surface area contributed by atoms with E-state index in [2.05, 4.69) is 27.6 Å². The van der Waals surface area contributed by atoms with Gasteiger partial charge in [-0.2, -0.15) is 0 Å². The number of aliphatic imine (C=N–C) groups is 1. The number of nitrogens with zero attached hydrogens (tertiary/aromatic N) is 1. The fourth-order valence-corrected chi connectivity index (χ4v) is 2.29. The number of carbonyl (C=O) groups is 1. The van der Waals surface area contributed by atoms with Crippen LogP contribution >= 0.6 is 22.6 Å². The Morgan fingerprint density at radius 1 is 1.16 bits per heavy atom. The van der Waals surface area contributed by atoms with Crippen molar-refractivity contribution in [1.82, 2.24) is 0 Å². The molecule has 0 saturated heterocycles. The van der Waals surface area contributed by atoms with Gasteiger partial charge >= 0.3 is 5.97 Å². The van der Waals surface area contributed by atoms with Crippen molar-refractivity contribution in [1.29, 1.82) is 0 Å². The lowest BCUT2D eigenvalue weighted by Gasteiger charge is -2.01. The number of hydrogen-bond acceptors (Lipinski definition) is 4. The van der Waals surface area contributed by atoms with Crippen LogP contribution < -0.4 is 0 Å². The molecular weight excluding hydrogens is 357 g/mol. The molecular formula is C14H8INO3. The normalized spacial score (nSPS) is 16.6. The second kappa shape index (κ2) is 5.00. The van der Waals surface area contributed by atoms with Gasteiger partial charge in [-0.05, 0) is 46.9 Å². The Hall–Kier alpha value is -1.89. The zero-order valence-corrected chi connectivity index (χ0v) is 11.8. The standard InChI is InChI=1S/C14H8INO3/c15-11-6-2-1-5-10(11)13-16-12(14(17)19-13)8-9-4-3-7-18-9/h1-8H/b12-8+. The summed E-state index contributed by atoms with van der Waals surface area (Å²) in [5.41, 5.74) is 1.05. The van der Waals surface area contributed by atoms with Crippen LogP contribution in [0.15, 0.2) is 57.8 Å². The van der Waals surface area contributed by atoms with Crippen LogP contribution in [0.5, 0.6) is 0 Å². The van der Waals surface area contributed by atoms with E-state index in [-0.39, 0.29) is 5.70 Å². The van der Waals surface area contributed by atoms with E-state index in [1.165, 1.54) is 6.26 Å². The first kappa shape index (κ1) is 12.2. The lowest BCUT2D eigenvalue weighted by Crippen LogP contribution is -2.06. The first-order chi connectivity index (χ1) is 9.24. The number of cyclic esters (lactones) is 1. The molecule has 0 N–H and O–H groups in total. The molecule has 0 fully saturated rings. The summed E-state index contributed by atoms with van der Waals surface area (Å²) in [5.74, 6) is 0.429. The molecule has 0 aliphatic carbocycles. The third kappa shape index (κ3) is 2.46. The van der Waals surface area contributed by atoms with Gasteiger partial charge in [0.1, 0.15) is 5.76 Å². The molecule has 94 valence electrons. The largest absolute Gasteiger partial charge is 0.465 e. The van der Waals surface area contributed by atoms with Crippen LogP contribution in [-0.2, 0) is 9.53 Å². The molecule has 19 heavy (non-hydrogen) atoms. The summed E-state index contributed by atoms with van der Waals surface area (Å²) in [6.07, 6.45) is 3.10. The maximum atomic E-state index is 11.7. The number of halogens is 1. The Bertz CT molecular complexity index is 686. The maximum absolute atomic E-state index is 11.7. The van der Waals surface area contributed by atoms with E-state index >= 15 is 0 Å². The SMILES string of the molecule is O=C1OC(c2ccccc2I)=N/C1=C/c1ccco1. The molecule has 0 radical (unpaired) electrons. The molecule has 0 bridgehead atoms. The first-order valence-electron chi connectivity index (χ1n) is 5.55. The van der Waals surface area contributed by atoms with Crippen molar-refractivity contribution in [2.75, 3.05) is 0 Å². The van der Waals surface area contributed by atoms with Gasteiger partial charge in [-0.25, -0.2) is 9.79 Å². The molecule has 0 unspecified atom stereocenters. The van der Waals surface area contributed by atoms with Gasteiger partial charge in [0.15, 0.2) is 5.70 Å². The Labute approximate surface area is 122 Å². The van der Waals surface area contributed by atoms with Gasteiger partial charge in [-0.1, -0.05) is 12.1 Å². The Morgan fingerprint density at radius 2 is 2.00 bits per heavy atom. The van der Waals surface area contributed by atoms with Gasteiger partial charge in [0, 0.05) is 9.65 Å². The first-order valence-corrected chi connectivity index (χ1v) is 6.63. The van der Waals surface area contributed by atoms with Gasteiger partial charge < -0.3 is 9.15 Å². The lowest BCUT2D eigenvalue weighted by atomic mass is 10.2. The third-order valence-corrected chi connectivity index (χ3v) is 3.49. The second-order valence-corrected chi connectivity index (χ2v) is 4.99. The summed E-state index contributed by atoms with van der Waals surface area (Å²) in [7, 11) is 0. The number of esters is 1. The number of rotatable bonds is 2. The molecule has 5 heteroatoms. The topological polar surface area (TPSA) is 51.8 Å². The fraction of sp³-hybridized carbons (Fsp3) is 0. The van der Waals surface area contributed by atoms with Crippen LogP contribution in [0.3, 0.4) is 0 Å². The van der Waals surface area contributed by atoms with Gasteiger partial charge in [0.25, 0.3) is 0 Å². The molecule has 1 aromatic carbocycles. The van der Waals surface area contributed by atoms with Crippen LogP contribution in [0.4, 0.5) is 0 Å². The van der Waals surface area contributed by atoms with Crippen LogP contribution in [0, 0.1) is 3.57 Å². The minimum atomic E-state index is -0.467. The van der Waals surface area contributed by atoms with E-state index in [0.29, 0.717) is 11.7 Å². The van der Waals surface area contributed by atoms with Crippen LogP contribution in [-0.4, -0.2) is 11.9 Å². The van der Waals surface area contributed by atoms with Gasteiger partial charge in [-0.3, -0.25) is 0 Å². The summed E-state index contributed by atoms with van der Waals surface area (Å²) >= 11 is 2.18. The molecule has 4 nitrogen and oxygen atoms in total. The van der Waals surface area contributed by atoms with Crippen molar-refractivity contribution >= 4 is 40.5 Å². The number of furan rings is 1. The summed E-state index contributed by atoms with van der Waals surface area (Å²) in [5, 5.41) is 0. The summed E-state index contributed by atoms with van der Waals surface area (Å²) < 4.78 is 11.3. The Balaban J connectivity index is 1.98. The predicted molar refractivity (Wildman–Crippen MR) is 78.5 cm³/mol. The van der Waals surface area contributed by atoms with Crippen molar-refractivity contribution < 1.29 is 13.9 Å². The van der Waals surface area contributed by atoms with Crippen molar-refractivity contribution in [3.05, 3.63) is 63.3 Å². The third-order valence-electron chi connectivity index (χ3n) is 2.55. The molecule has 3 rings (SSSR count). The van der Waals surface area contributed by atoms with E-state index in [1.807, 2.05) is 24.3 Å². The van der Waals surface area contributed by atoms with E-state index < -0.39 is 5.97 Å².